The molecule has 3 heterocycles. The molecule has 3 aromatic heterocycles. The van der Waals surface area contributed by atoms with Gasteiger partial charge < -0.3 is 0 Å². The molecule has 0 aliphatic heterocycles. The SMILES string of the molecule is CCc1nnc(NC(=O)CSc2nnc3ccc(-c4ccc(F)cc4)nn23)s1. The van der Waals surface area contributed by atoms with Crippen LogP contribution in [0.5, 0.6) is 0 Å². The van der Waals surface area contributed by atoms with Gasteiger partial charge in [-0.15, -0.1) is 20.4 Å². The van der Waals surface area contributed by atoms with Crippen molar-refractivity contribution in [3.63, 3.8) is 0 Å². The Balaban J connectivity index is 1.48. The highest BCUT2D eigenvalue weighted by Gasteiger charge is 2.13. The summed E-state index contributed by atoms with van der Waals surface area (Å²) in [6.07, 6.45) is 0.774. The van der Waals surface area contributed by atoms with E-state index in [2.05, 4.69) is 30.8 Å². The van der Waals surface area contributed by atoms with Crippen LogP contribution in [0.2, 0.25) is 0 Å². The standard InChI is InChI=1S/C17H14FN7OS2/c1-2-15-21-22-16(28-15)19-14(26)9-27-17-23-20-13-8-7-12(24-25(13)17)10-3-5-11(18)6-4-10/h3-8H,2,9H2,1H3,(H,19,22,26). The van der Waals surface area contributed by atoms with Gasteiger partial charge in [0.25, 0.3) is 0 Å². The summed E-state index contributed by atoms with van der Waals surface area (Å²) in [4.78, 5) is 12.2. The van der Waals surface area contributed by atoms with Gasteiger partial charge in [0.15, 0.2) is 5.65 Å². The van der Waals surface area contributed by atoms with Gasteiger partial charge in [-0.05, 0) is 42.8 Å². The van der Waals surface area contributed by atoms with Crippen molar-refractivity contribution in [1.82, 2.24) is 30.0 Å². The van der Waals surface area contributed by atoms with Crippen molar-refractivity contribution in [3.8, 4) is 11.3 Å². The van der Waals surface area contributed by atoms with Gasteiger partial charge in [-0.1, -0.05) is 30.0 Å². The molecular weight excluding hydrogens is 401 g/mol. The number of carbonyl (C=O) groups is 1. The molecule has 0 bridgehead atoms. The van der Waals surface area contributed by atoms with Gasteiger partial charge in [0.2, 0.25) is 16.2 Å². The minimum atomic E-state index is -0.308. The number of nitrogens with one attached hydrogen (secondary N) is 1. The Morgan fingerprint density at radius 3 is 2.71 bits per heavy atom. The fourth-order valence-corrected chi connectivity index (χ4v) is 3.75. The monoisotopic (exact) mass is 415 g/mol. The third-order valence-electron chi connectivity index (χ3n) is 3.72. The Labute approximate surface area is 167 Å². The van der Waals surface area contributed by atoms with E-state index in [1.807, 2.05) is 6.92 Å². The van der Waals surface area contributed by atoms with Gasteiger partial charge >= 0.3 is 0 Å². The van der Waals surface area contributed by atoms with Crippen molar-refractivity contribution >= 4 is 39.8 Å². The van der Waals surface area contributed by atoms with Crippen molar-refractivity contribution in [2.75, 3.05) is 11.1 Å². The number of aryl methyl sites for hydroxylation is 1. The van der Waals surface area contributed by atoms with Crippen molar-refractivity contribution in [2.45, 2.75) is 18.5 Å². The van der Waals surface area contributed by atoms with E-state index in [-0.39, 0.29) is 17.5 Å². The number of hydrogen-bond donors (Lipinski definition) is 1. The van der Waals surface area contributed by atoms with E-state index >= 15 is 0 Å². The number of thioether (sulfide) groups is 1. The van der Waals surface area contributed by atoms with E-state index in [1.54, 1.807) is 28.8 Å². The first-order valence-electron chi connectivity index (χ1n) is 8.36. The zero-order valence-corrected chi connectivity index (χ0v) is 16.3. The van der Waals surface area contributed by atoms with E-state index < -0.39 is 0 Å². The highest BCUT2D eigenvalue weighted by molar-refractivity contribution is 7.99. The molecule has 28 heavy (non-hydrogen) atoms. The predicted molar refractivity (Wildman–Crippen MR) is 105 cm³/mol. The summed E-state index contributed by atoms with van der Waals surface area (Å²) in [6, 6.07) is 9.63. The summed E-state index contributed by atoms with van der Waals surface area (Å²) in [6.45, 7) is 1.98. The Kier molecular flexibility index (Phi) is 5.26. The van der Waals surface area contributed by atoms with Crippen molar-refractivity contribution < 1.29 is 9.18 Å². The van der Waals surface area contributed by atoms with Crippen LogP contribution in [0.1, 0.15) is 11.9 Å². The van der Waals surface area contributed by atoms with Crippen LogP contribution in [-0.2, 0) is 11.2 Å². The molecule has 0 unspecified atom stereocenters. The molecule has 1 N–H and O–H groups in total. The van der Waals surface area contributed by atoms with E-state index in [0.717, 1.165) is 17.0 Å². The van der Waals surface area contributed by atoms with Gasteiger partial charge in [0.05, 0.1) is 11.4 Å². The fraction of sp³-hybridized carbons (Fsp3) is 0.176. The lowest BCUT2D eigenvalue weighted by Crippen LogP contribution is -2.14. The van der Waals surface area contributed by atoms with E-state index in [0.29, 0.717) is 21.6 Å². The maximum absolute atomic E-state index is 13.1. The molecule has 4 aromatic rings. The highest BCUT2D eigenvalue weighted by Crippen LogP contribution is 2.21. The van der Waals surface area contributed by atoms with Crippen LogP contribution < -0.4 is 5.32 Å². The number of aromatic nitrogens is 6. The lowest BCUT2D eigenvalue weighted by Gasteiger charge is -2.03. The zero-order chi connectivity index (χ0) is 19.5. The summed E-state index contributed by atoms with van der Waals surface area (Å²) in [5.74, 6) is -0.391. The average molecular weight is 415 g/mol. The number of fused-ring (bicyclic) bond motifs is 1. The first-order chi connectivity index (χ1) is 13.6. The minimum absolute atomic E-state index is 0.129. The van der Waals surface area contributed by atoms with E-state index in [1.165, 1.54) is 35.2 Å². The second-order valence-corrected chi connectivity index (χ2v) is 7.67. The maximum Gasteiger partial charge on any atom is 0.236 e. The molecule has 0 spiro atoms. The Hall–Kier alpha value is -2.92. The second-order valence-electron chi connectivity index (χ2n) is 5.67. The number of amides is 1. The summed E-state index contributed by atoms with van der Waals surface area (Å²) in [5, 5.41) is 25.1. The molecule has 1 amide bonds. The Morgan fingerprint density at radius 2 is 1.96 bits per heavy atom. The Morgan fingerprint density at radius 1 is 1.14 bits per heavy atom. The normalized spacial score (nSPS) is 11.1. The van der Waals surface area contributed by atoms with Crippen LogP contribution in [0.4, 0.5) is 9.52 Å². The summed E-state index contributed by atoms with van der Waals surface area (Å²) in [5.41, 5.74) is 1.98. The molecule has 142 valence electrons. The number of anilines is 1. The quantitative estimate of drug-likeness (QED) is 0.483. The number of benzene rings is 1. The third kappa shape index (κ3) is 3.99. The van der Waals surface area contributed by atoms with Crippen LogP contribution in [0.3, 0.4) is 0 Å². The second kappa shape index (κ2) is 7.98. The first-order valence-corrected chi connectivity index (χ1v) is 10.2. The van der Waals surface area contributed by atoms with E-state index in [4.69, 9.17) is 0 Å². The summed E-state index contributed by atoms with van der Waals surface area (Å²) in [7, 11) is 0. The number of halogens is 1. The molecule has 0 aliphatic carbocycles. The smallest absolute Gasteiger partial charge is 0.236 e. The maximum atomic E-state index is 13.1. The molecule has 0 saturated carbocycles. The van der Waals surface area contributed by atoms with Crippen LogP contribution >= 0.6 is 23.1 Å². The number of nitrogens with zero attached hydrogens (tertiary/aromatic N) is 6. The van der Waals surface area contributed by atoms with Crippen molar-refractivity contribution in [3.05, 3.63) is 47.2 Å². The largest absolute Gasteiger partial charge is 0.300 e. The van der Waals surface area contributed by atoms with Gasteiger partial charge in [-0.3, -0.25) is 10.1 Å². The molecule has 0 radical (unpaired) electrons. The predicted octanol–water partition coefficient (Wildman–Crippen LogP) is 3.08. The zero-order valence-electron chi connectivity index (χ0n) is 14.7. The van der Waals surface area contributed by atoms with Crippen LogP contribution in [0, 0.1) is 5.82 Å². The van der Waals surface area contributed by atoms with Gasteiger partial charge in [0, 0.05) is 5.56 Å². The average Bonchev–Trinajstić information content (AvgIpc) is 3.33. The molecular formula is C17H14FN7OS2. The molecule has 0 fully saturated rings. The molecule has 0 saturated heterocycles. The van der Waals surface area contributed by atoms with Crippen LogP contribution in [-0.4, -0.2) is 41.7 Å². The van der Waals surface area contributed by atoms with Crippen LogP contribution in [0.25, 0.3) is 16.9 Å². The van der Waals surface area contributed by atoms with Gasteiger partial charge in [0.1, 0.15) is 10.8 Å². The van der Waals surface area contributed by atoms with Gasteiger partial charge in [-0.2, -0.15) is 9.61 Å². The summed E-state index contributed by atoms with van der Waals surface area (Å²) < 4.78 is 14.7. The number of rotatable bonds is 6. The fourth-order valence-electron chi connectivity index (χ4n) is 2.37. The van der Waals surface area contributed by atoms with Crippen LogP contribution in [0.15, 0.2) is 41.6 Å². The van der Waals surface area contributed by atoms with Crippen molar-refractivity contribution in [2.24, 2.45) is 0 Å². The molecule has 1 aromatic carbocycles. The number of carbonyl (C=O) groups excluding carboxylic acids is 1. The van der Waals surface area contributed by atoms with Gasteiger partial charge in [-0.25, -0.2) is 4.39 Å². The molecule has 11 heteroatoms. The Bertz CT molecular complexity index is 1130. The summed E-state index contributed by atoms with van der Waals surface area (Å²) >= 11 is 2.57. The number of hydrogen-bond acceptors (Lipinski definition) is 8. The topological polar surface area (TPSA) is 98.0 Å². The molecule has 0 aliphatic rings. The minimum Gasteiger partial charge on any atom is -0.300 e. The third-order valence-corrected chi connectivity index (χ3v) is 5.62. The molecule has 8 nitrogen and oxygen atoms in total. The lowest BCUT2D eigenvalue weighted by molar-refractivity contribution is -0.113. The first kappa shape index (κ1) is 18.4. The van der Waals surface area contributed by atoms with Crippen molar-refractivity contribution in [1.29, 1.82) is 0 Å². The molecule has 0 atom stereocenters. The highest BCUT2D eigenvalue weighted by atomic mass is 32.2. The lowest BCUT2D eigenvalue weighted by atomic mass is 10.1. The molecule has 4 rings (SSSR count). The van der Waals surface area contributed by atoms with E-state index in [9.17, 15) is 9.18 Å².